The summed E-state index contributed by atoms with van der Waals surface area (Å²) in [5, 5.41) is 0. The number of hydrogen-bond donors (Lipinski definition) is 1. The summed E-state index contributed by atoms with van der Waals surface area (Å²) in [6.45, 7) is 4.43. The van der Waals surface area contributed by atoms with Gasteiger partial charge >= 0.3 is 0 Å². The molecule has 1 amide bonds. The van der Waals surface area contributed by atoms with E-state index in [9.17, 15) is 9.18 Å². The lowest BCUT2D eigenvalue weighted by Crippen LogP contribution is -2.39. The van der Waals surface area contributed by atoms with Crippen molar-refractivity contribution >= 4 is 5.91 Å². The van der Waals surface area contributed by atoms with Crippen LogP contribution in [-0.4, -0.2) is 37.0 Å². The predicted octanol–water partition coefficient (Wildman–Crippen LogP) is 3.96. The Morgan fingerprint density at radius 3 is 2.68 bits per heavy atom. The van der Waals surface area contributed by atoms with Gasteiger partial charge in [0.25, 0.3) is 5.91 Å². The normalized spacial score (nSPS) is 14.9. The average Bonchev–Trinajstić information content (AvgIpc) is 2.70. The molecule has 0 spiro atoms. The van der Waals surface area contributed by atoms with Crippen molar-refractivity contribution in [1.29, 1.82) is 0 Å². The molecule has 1 heterocycles. The van der Waals surface area contributed by atoms with Gasteiger partial charge in [-0.05, 0) is 74.4 Å². The molecule has 3 rings (SSSR count). The predicted molar refractivity (Wildman–Crippen MR) is 109 cm³/mol. The summed E-state index contributed by atoms with van der Waals surface area (Å²) in [6.07, 6.45) is 3.25. The lowest BCUT2D eigenvalue weighted by Gasteiger charge is -2.32. The number of ether oxygens (including phenoxy) is 1. The fourth-order valence-electron chi connectivity index (χ4n) is 3.68. The van der Waals surface area contributed by atoms with Crippen LogP contribution in [0.25, 0.3) is 0 Å². The summed E-state index contributed by atoms with van der Waals surface area (Å²) in [4.78, 5) is 14.9. The Morgan fingerprint density at radius 2 is 1.96 bits per heavy atom. The highest BCUT2D eigenvalue weighted by Gasteiger charge is 2.26. The van der Waals surface area contributed by atoms with Gasteiger partial charge in [-0.15, -0.1) is 0 Å². The van der Waals surface area contributed by atoms with E-state index in [1.54, 1.807) is 6.07 Å². The Bertz CT molecular complexity index is 801. The van der Waals surface area contributed by atoms with E-state index >= 15 is 0 Å². The van der Waals surface area contributed by atoms with Crippen LogP contribution in [0.3, 0.4) is 0 Å². The summed E-state index contributed by atoms with van der Waals surface area (Å²) in [7, 11) is 0. The number of piperidine rings is 1. The average molecular weight is 384 g/mol. The van der Waals surface area contributed by atoms with E-state index in [-0.39, 0.29) is 11.7 Å². The Balaban J connectivity index is 1.61. The number of halogens is 1. The first-order valence-electron chi connectivity index (χ1n) is 10.0. The highest BCUT2D eigenvalue weighted by atomic mass is 19.1. The number of rotatable bonds is 7. The fraction of sp³-hybridized carbons (Fsp3) is 0.435. The van der Waals surface area contributed by atoms with Crippen LogP contribution in [-0.2, 0) is 6.42 Å². The van der Waals surface area contributed by atoms with E-state index in [1.807, 2.05) is 42.2 Å². The maximum atomic E-state index is 13.9. The summed E-state index contributed by atoms with van der Waals surface area (Å²) in [5.41, 5.74) is 7.97. The van der Waals surface area contributed by atoms with E-state index in [2.05, 4.69) is 0 Å². The molecule has 2 aromatic rings. The molecule has 5 heteroatoms. The lowest BCUT2D eigenvalue weighted by atomic mass is 9.89. The molecule has 0 aromatic heterocycles. The maximum Gasteiger partial charge on any atom is 0.257 e. The second-order valence-electron chi connectivity index (χ2n) is 7.52. The monoisotopic (exact) mass is 384 g/mol. The largest absolute Gasteiger partial charge is 0.493 e. The maximum absolute atomic E-state index is 13.9. The molecule has 0 saturated carbocycles. The van der Waals surface area contributed by atoms with Gasteiger partial charge in [0.1, 0.15) is 11.6 Å². The Labute approximate surface area is 166 Å². The third kappa shape index (κ3) is 5.10. The second kappa shape index (κ2) is 9.69. The van der Waals surface area contributed by atoms with Crippen LogP contribution in [0.5, 0.6) is 5.75 Å². The van der Waals surface area contributed by atoms with Gasteiger partial charge in [-0.2, -0.15) is 0 Å². The van der Waals surface area contributed by atoms with Crippen molar-refractivity contribution < 1.29 is 13.9 Å². The third-order valence-electron chi connectivity index (χ3n) is 5.34. The fourth-order valence-corrected chi connectivity index (χ4v) is 3.68. The number of amides is 1. The Hall–Kier alpha value is -2.40. The zero-order chi connectivity index (χ0) is 19.9. The molecule has 1 aliphatic heterocycles. The van der Waals surface area contributed by atoms with Crippen LogP contribution in [0.2, 0.25) is 0 Å². The summed E-state index contributed by atoms with van der Waals surface area (Å²) in [5.74, 6) is 0.901. The number of benzene rings is 2. The van der Waals surface area contributed by atoms with Crippen LogP contribution in [0.1, 0.15) is 40.7 Å². The van der Waals surface area contributed by atoms with Crippen molar-refractivity contribution in [2.75, 3.05) is 26.2 Å². The molecule has 0 aliphatic carbocycles. The number of likely N-dealkylation sites (tertiary alicyclic amines) is 1. The van der Waals surface area contributed by atoms with Gasteiger partial charge < -0.3 is 15.4 Å². The molecule has 0 unspecified atom stereocenters. The first-order valence-corrected chi connectivity index (χ1v) is 10.0. The number of carbonyl (C=O) groups excluding carboxylic acids is 1. The van der Waals surface area contributed by atoms with Gasteiger partial charge in [0.05, 0.1) is 12.2 Å². The number of hydrogen-bond acceptors (Lipinski definition) is 3. The molecule has 150 valence electrons. The Kier molecular flexibility index (Phi) is 7.04. The van der Waals surface area contributed by atoms with E-state index < -0.39 is 0 Å². The van der Waals surface area contributed by atoms with E-state index in [0.29, 0.717) is 43.5 Å². The van der Waals surface area contributed by atoms with Crippen LogP contribution < -0.4 is 10.5 Å². The van der Waals surface area contributed by atoms with Gasteiger partial charge in [0, 0.05) is 13.1 Å². The number of aryl methyl sites for hydroxylation is 1. The second-order valence-corrected chi connectivity index (χ2v) is 7.52. The minimum atomic E-state index is -0.139. The first kappa shape index (κ1) is 20.3. The van der Waals surface area contributed by atoms with Crippen LogP contribution in [0.15, 0.2) is 42.5 Å². The molecule has 4 nitrogen and oxygen atoms in total. The van der Waals surface area contributed by atoms with Crippen LogP contribution in [0, 0.1) is 18.7 Å². The van der Waals surface area contributed by atoms with Crippen molar-refractivity contribution in [3.8, 4) is 5.75 Å². The Morgan fingerprint density at radius 1 is 1.21 bits per heavy atom. The van der Waals surface area contributed by atoms with Gasteiger partial charge in [-0.25, -0.2) is 4.39 Å². The van der Waals surface area contributed by atoms with Crippen molar-refractivity contribution in [2.24, 2.45) is 11.7 Å². The molecule has 1 saturated heterocycles. The van der Waals surface area contributed by atoms with Gasteiger partial charge in [-0.1, -0.05) is 24.3 Å². The third-order valence-corrected chi connectivity index (χ3v) is 5.34. The van der Waals surface area contributed by atoms with Crippen molar-refractivity contribution in [2.45, 2.75) is 32.6 Å². The molecule has 2 N–H and O–H groups in total. The minimum absolute atomic E-state index is 0.00656. The van der Waals surface area contributed by atoms with E-state index in [1.165, 1.54) is 6.07 Å². The number of carbonyl (C=O) groups is 1. The van der Waals surface area contributed by atoms with Crippen molar-refractivity contribution in [3.05, 3.63) is 65.0 Å². The molecule has 1 aliphatic rings. The summed E-state index contributed by atoms with van der Waals surface area (Å²) >= 11 is 0. The molecule has 0 atom stereocenters. The smallest absolute Gasteiger partial charge is 0.257 e. The van der Waals surface area contributed by atoms with Crippen molar-refractivity contribution in [1.82, 2.24) is 4.90 Å². The zero-order valence-corrected chi connectivity index (χ0v) is 16.5. The molecule has 2 aromatic carbocycles. The zero-order valence-electron chi connectivity index (χ0n) is 16.5. The standard InChI is InChI=1S/C23H29FN2O2/c1-17-7-8-20(22(15-17)28-14-4-11-25)23(27)26-12-9-18(10-13-26)16-19-5-2-3-6-21(19)24/h2-3,5-8,15,18H,4,9-14,16,25H2,1H3. The van der Waals surface area contributed by atoms with Crippen LogP contribution in [0.4, 0.5) is 4.39 Å². The lowest BCUT2D eigenvalue weighted by molar-refractivity contribution is 0.0685. The van der Waals surface area contributed by atoms with E-state index in [4.69, 9.17) is 10.5 Å². The molecule has 0 bridgehead atoms. The first-order chi connectivity index (χ1) is 13.6. The molecule has 28 heavy (non-hydrogen) atoms. The summed E-state index contributed by atoms with van der Waals surface area (Å²) < 4.78 is 19.7. The molecular weight excluding hydrogens is 355 g/mol. The number of nitrogens with zero attached hydrogens (tertiary/aromatic N) is 1. The topological polar surface area (TPSA) is 55.6 Å². The van der Waals surface area contributed by atoms with Gasteiger partial charge in [-0.3, -0.25) is 4.79 Å². The molecule has 1 fully saturated rings. The summed E-state index contributed by atoms with van der Waals surface area (Å²) in [6, 6.07) is 12.7. The van der Waals surface area contributed by atoms with Gasteiger partial charge in [0.15, 0.2) is 0 Å². The molecule has 0 radical (unpaired) electrons. The van der Waals surface area contributed by atoms with Crippen LogP contribution >= 0.6 is 0 Å². The highest BCUT2D eigenvalue weighted by Crippen LogP contribution is 2.27. The molecular formula is C23H29FN2O2. The van der Waals surface area contributed by atoms with Crippen molar-refractivity contribution in [3.63, 3.8) is 0 Å². The van der Waals surface area contributed by atoms with E-state index in [0.717, 1.165) is 36.8 Å². The quantitative estimate of drug-likeness (QED) is 0.735. The SMILES string of the molecule is Cc1ccc(C(=O)N2CCC(Cc3ccccc3F)CC2)c(OCCCN)c1. The number of nitrogens with two attached hydrogens (primary N) is 1. The minimum Gasteiger partial charge on any atom is -0.493 e. The highest BCUT2D eigenvalue weighted by molar-refractivity contribution is 5.97. The van der Waals surface area contributed by atoms with Gasteiger partial charge in [0.2, 0.25) is 0 Å².